The zero-order valence-electron chi connectivity index (χ0n) is 25.9. The molecular weight excluding hydrogens is 558 g/mol. The Balaban J connectivity index is 1.19. The van der Waals surface area contributed by atoms with Gasteiger partial charge < -0.3 is 15.1 Å². The lowest BCUT2D eigenvalue weighted by molar-refractivity contribution is 0.0982. The van der Waals surface area contributed by atoms with E-state index in [2.05, 4.69) is 80.6 Å². The van der Waals surface area contributed by atoms with Crippen LogP contribution in [0.1, 0.15) is 38.3 Å². The molecule has 2 saturated heterocycles. The maximum Gasteiger partial charge on any atom is 0.229 e. The predicted octanol–water partition coefficient (Wildman–Crippen LogP) is 5.26. The van der Waals surface area contributed by atoms with Gasteiger partial charge >= 0.3 is 0 Å². The second-order valence-corrected chi connectivity index (χ2v) is 14.9. The first-order chi connectivity index (χ1) is 20.6. The van der Waals surface area contributed by atoms with Crippen molar-refractivity contribution in [2.45, 2.75) is 38.6 Å². The van der Waals surface area contributed by atoms with Crippen molar-refractivity contribution in [3.05, 3.63) is 60.4 Å². The number of aromatic nitrogens is 4. The van der Waals surface area contributed by atoms with Gasteiger partial charge in [0.15, 0.2) is 11.5 Å². The van der Waals surface area contributed by atoms with E-state index in [4.69, 9.17) is 9.97 Å². The van der Waals surface area contributed by atoms with Gasteiger partial charge in [0.05, 0.1) is 0 Å². The molecule has 0 amide bonds. The van der Waals surface area contributed by atoms with Crippen molar-refractivity contribution in [2.75, 3.05) is 69.0 Å². The summed E-state index contributed by atoms with van der Waals surface area (Å²) in [4.78, 5) is 21.9. The van der Waals surface area contributed by atoms with Crippen molar-refractivity contribution in [1.29, 1.82) is 0 Å². The fourth-order valence-corrected chi connectivity index (χ4v) is 6.66. The van der Waals surface area contributed by atoms with E-state index in [1.807, 2.05) is 22.9 Å². The average Bonchev–Trinajstić information content (AvgIpc) is 3.37. The van der Waals surface area contributed by atoms with Crippen molar-refractivity contribution in [3.8, 4) is 5.82 Å². The molecule has 11 heteroatoms. The Kier molecular flexibility index (Phi) is 8.39. The Morgan fingerprint density at radius 3 is 2.35 bits per heavy atom. The van der Waals surface area contributed by atoms with Gasteiger partial charge in [0.1, 0.15) is 5.82 Å². The highest BCUT2D eigenvalue weighted by Gasteiger charge is 2.26. The van der Waals surface area contributed by atoms with E-state index >= 15 is 0 Å². The summed E-state index contributed by atoms with van der Waals surface area (Å²) in [6, 6.07) is 17.0. The van der Waals surface area contributed by atoms with E-state index in [0.29, 0.717) is 23.6 Å². The molecule has 10 nitrogen and oxygen atoms in total. The standard InChI is InChI=1S/C32H43N9OS/c1-23(2)28-21-24-22-33-32(36-31(24)41(28)30-8-6-7-29(35-30)37-43(4,5)42)34-25-9-11-26(12-10-25)39-15-13-27(14-16-39)40-19-17-38(3)18-20-40/h6-12,21-23,27H,13-20H2,1-5H3,(H,33,34,36). The fraction of sp³-hybridized carbons (Fsp3) is 0.469. The van der Waals surface area contributed by atoms with Gasteiger partial charge in [-0.25, -0.2) is 14.2 Å². The number of nitrogens with zero attached hydrogens (tertiary/aromatic N) is 8. The molecule has 0 aliphatic carbocycles. The number of rotatable bonds is 7. The molecule has 0 saturated carbocycles. The Morgan fingerprint density at radius 2 is 1.67 bits per heavy atom. The Labute approximate surface area is 255 Å². The summed E-state index contributed by atoms with van der Waals surface area (Å²) in [5, 5.41) is 4.33. The van der Waals surface area contributed by atoms with Crippen LogP contribution in [0.4, 0.5) is 23.1 Å². The lowest BCUT2D eigenvalue weighted by atomic mass is 10.0. The van der Waals surface area contributed by atoms with Crippen LogP contribution in [-0.4, -0.2) is 98.4 Å². The van der Waals surface area contributed by atoms with Crippen LogP contribution in [0.25, 0.3) is 16.9 Å². The second kappa shape index (κ2) is 12.2. The summed E-state index contributed by atoms with van der Waals surface area (Å²) in [5.74, 6) is 1.89. The third-order valence-corrected chi connectivity index (χ3v) is 9.06. The lowest BCUT2D eigenvalue weighted by Gasteiger charge is -2.42. The number of fused-ring (bicyclic) bond motifs is 1. The van der Waals surface area contributed by atoms with Crippen LogP contribution in [0.5, 0.6) is 0 Å². The molecule has 5 heterocycles. The number of hydrogen-bond donors (Lipinski definition) is 1. The topological polar surface area (TPSA) is 94.8 Å². The van der Waals surface area contributed by atoms with Gasteiger partial charge in [0.2, 0.25) is 5.95 Å². The van der Waals surface area contributed by atoms with Crippen LogP contribution >= 0.6 is 0 Å². The van der Waals surface area contributed by atoms with Crippen molar-refractivity contribution < 1.29 is 4.21 Å². The number of benzene rings is 1. The molecule has 6 rings (SSSR count). The Morgan fingerprint density at radius 1 is 0.953 bits per heavy atom. The van der Waals surface area contributed by atoms with Gasteiger partial charge in [-0.1, -0.05) is 19.9 Å². The quantitative estimate of drug-likeness (QED) is 0.307. The average molecular weight is 602 g/mol. The maximum atomic E-state index is 12.3. The number of piperazine rings is 1. The summed E-state index contributed by atoms with van der Waals surface area (Å²) in [5.41, 5.74) is 4.03. The zero-order valence-corrected chi connectivity index (χ0v) is 26.7. The first-order valence-corrected chi connectivity index (χ1v) is 17.5. The number of likely N-dealkylation sites (N-methyl/N-ethyl adjacent to an activating group) is 1. The summed E-state index contributed by atoms with van der Waals surface area (Å²) < 4.78 is 18.7. The monoisotopic (exact) mass is 601 g/mol. The first-order valence-electron chi connectivity index (χ1n) is 15.2. The van der Waals surface area contributed by atoms with Crippen LogP contribution in [-0.2, 0) is 9.73 Å². The van der Waals surface area contributed by atoms with Crippen LogP contribution in [0.3, 0.4) is 0 Å². The molecule has 0 bridgehead atoms. The third-order valence-electron chi connectivity index (χ3n) is 8.43. The van der Waals surface area contributed by atoms with Crippen LogP contribution in [0, 0.1) is 0 Å². The highest BCUT2D eigenvalue weighted by Crippen LogP contribution is 2.30. The maximum absolute atomic E-state index is 12.3. The van der Waals surface area contributed by atoms with Crippen molar-refractivity contribution in [3.63, 3.8) is 0 Å². The fourth-order valence-electron chi connectivity index (χ4n) is 6.11. The largest absolute Gasteiger partial charge is 0.371 e. The number of anilines is 3. The minimum absolute atomic E-state index is 0.230. The molecule has 2 aliphatic rings. The third kappa shape index (κ3) is 6.84. The smallest absolute Gasteiger partial charge is 0.229 e. The van der Waals surface area contributed by atoms with Gasteiger partial charge in [-0.3, -0.25) is 9.47 Å². The van der Waals surface area contributed by atoms with Gasteiger partial charge in [0, 0.05) is 96.2 Å². The zero-order chi connectivity index (χ0) is 30.1. The molecule has 0 radical (unpaired) electrons. The van der Waals surface area contributed by atoms with E-state index in [1.165, 1.54) is 44.7 Å². The van der Waals surface area contributed by atoms with E-state index in [-0.39, 0.29) is 5.92 Å². The molecule has 0 atom stereocenters. The lowest BCUT2D eigenvalue weighted by Crippen LogP contribution is -2.52. The molecule has 0 spiro atoms. The van der Waals surface area contributed by atoms with Crippen LogP contribution < -0.4 is 10.2 Å². The molecule has 0 unspecified atom stereocenters. The summed E-state index contributed by atoms with van der Waals surface area (Å²) in [7, 11) is -0.111. The normalized spacial score (nSPS) is 17.6. The Hall–Kier alpha value is -3.54. The van der Waals surface area contributed by atoms with Crippen molar-refractivity contribution >= 4 is 43.9 Å². The first kappa shape index (κ1) is 29.5. The highest BCUT2D eigenvalue weighted by molar-refractivity contribution is 7.92. The molecule has 3 aromatic heterocycles. The Bertz CT molecular complexity index is 1680. The van der Waals surface area contributed by atoms with E-state index in [9.17, 15) is 4.21 Å². The van der Waals surface area contributed by atoms with Gasteiger partial charge in [-0.15, -0.1) is 0 Å². The minimum Gasteiger partial charge on any atom is -0.371 e. The number of piperidine rings is 1. The molecule has 43 heavy (non-hydrogen) atoms. The number of pyridine rings is 1. The predicted molar refractivity (Wildman–Crippen MR) is 177 cm³/mol. The second-order valence-electron chi connectivity index (χ2n) is 12.4. The molecule has 1 aromatic carbocycles. The molecule has 2 fully saturated rings. The van der Waals surface area contributed by atoms with E-state index < -0.39 is 9.73 Å². The molecule has 4 aromatic rings. The van der Waals surface area contributed by atoms with Gasteiger partial charge in [-0.2, -0.15) is 9.35 Å². The summed E-state index contributed by atoms with van der Waals surface area (Å²) >= 11 is 0. The number of hydrogen-bond acceptors (Lipinski definition) is 9. The molecule has 1 N–H and O–H groups in total. The highest BCUT2D eigenvalue weighted by atomic mass is 32.2. The van der Waals surface area contributed by atoms with Gasteiger partial charge in [-0.05, 0) is 68.3 Å². The SMILES string of the molecule is CC(C)c1cc2cnc(Nc3ccc(N4CCC(N5CCN(C)CC5)CC4)cc3)nc2n1-c1cccc(N=S(C)(C)=O)n1. The van der Waals surface area contributed by atoms with E-state index in [1.54, 1.807) is 18.6 Å². The van der Waals surface area contributed by atoms with Crippen LogP contribution in [0.2, 0.25) is 0 Å². The van der Waals surface area contributed by atoms with Gasteiger partial charge in [0.25, 0.3) is 0 Å². The molecule has 228 valence electrons. The summed E-state index contributed by atoms with van der Waals surface area (Å²) in [6.07, 6.45) is 7.52. The summed E-state index contributed by atoms with van der Waals surface area (Å²) in [6.45, 7) is 11.2. The molecule has 2 aliphatic heterocycles. The minimum atomic E-state index is -2.33. The number of nitrogens with one attached hydrogen (secondary N) is 1. The van der Waals surface area contributed by atoms with Crippen molar-refractivity contribution in [2.24, 2.45) is 4.36 Å². The van der Waals surface area contributed by atoms with Crippen molar-refractivity contribution in [1.82, 2.24) is 29.3 Å². The van der Waals surface area contributed by atoms with Crippen LogP contribution in [0.15, 0.2) is 59.1 Å². The van der Waals surface area contributed by atoms with E-state index in [0.717, 1.165) is 35.5 Å². The molecular formula is C32H43N9OS.